The monoisotopic (exact) mass is 580 g/mol. The summed E-state index contributed by atoms with van der Waals surface area (Å²) >= 11 is 7.19. The van der Waals surface area contributed by atoms with Crippen molar-refractivity contribution in [2.24, 2.45) is 10.7 Å². The summed E-state index contributed by atoms with van der Waals surface area (Å²) in [7, 11) is -3.87. The molecule has 0 radical (unpaired) electrons. The molecule has 1 aromatic carbocycles. The summed E-state index contributed by atoms with van der Waals surface area (Å²) in [6, 6.07) is 7.76. The maximum Gasteiger partial charge on any atom is 0.490 e. The second-order valence-corrected chi connectivity index (χ2v) is 11.1. The molecular formula is C21H20ClF3N4O6S2. The third kappa shape index (κ3) is 6.80. The van der Waals surface area contributed by atoms with E-state index >= 15 is 0 Å². The highest BCUT2D eigenvalue weighted by atomic mass is 35.5. The third-order valence-corrected chi connectivity index (χ3v) is 8.72. The summed E-state index contributed by atoms with van der Waals surface area (Å²) in [5, 5.41) is 8.45. The molecule has 0 saturated carbocycles. The minimum Gasteiger partial charge on any atom is -0.475 e. The minimum absolute atomic E-state index is 0.0318. The number of hydrogen-bond acceptors (Lipinski definition) is 7. The molecule has 200 valence electrons. The van der Waals surface area contributed by atoms with Gasteiger partial charge in [0, 0.05) is 16.3 Å². The van der Waals surface area contributed by atoms with Crippen LogP contribution in [0.15, 0.2) is 50.2 Å². The molecule has 1 aliphatic heterocycles. The number of aliphatic carboxylic acids is 1. The first-order valence-electron chi connectivity index (χ1n) is 10.3. The van der Waals surface area contributed by atoms with Crippen LogP contribution in [0, 0.1) is 6.92 Å². The van der Waals surface area contributed by atoms with Crippen LogP contribution >= 0.6 is 22.9 Å². The van der Waals surface area contributed by atoms with Gasteiger partial charge in [0.05, 0.1) is 6.26 Å². The number of sulfonamides is 1. The van der Waals surface area contributed by atoms with E-state index < -0.39 is 28.2 Å². The first kappa shape index (κ1) is 28.4. The fraction of sp³-hybridized carbons (Fsp3) is 0.286. The van der Waals surface area contributed by atoms with Crippen molar-refractivity contribution in [1.29, 1.82) is 0 Å². The van der Waals surface area contributed by atoms with Gasteiger partial charge >= 0.3 is 12.1 Å². The number of fused-ring (bicyclic) bond motifs is 1. The lowest BCUT2D eigenvalue weighted by atomic mass is 10.2. The van der Waals surface area contributed by atoms with Gasteiger partial charge in [0.2, 0.25) is 5.91 Å². The van der Waals surface area contributed by atoms with Crippen molar-refractivity contribution in [2.75, 3.05) is 13.2 Å². The number of aryl methyl sites for hydroxylation is 1. The number of carbonyl (C=O) groups is 2. The molecule has 0 bridgehead atoms. The van der Waals surface area contributed by atoms with Crippen molar-refractivity contribution in [3.63, 3.8) is 0 Å². The molecule has 1 aliphatic rings. The number of carboxylic acid groups (broad SMARTS) is 1. The van der Waals surface area contributed by atoms with E-state index in [1.807, 2.05) is 0 Å². The number of likely N-dealkylation sites (tertiary alicyclic amines) is 1. The average molecular weight is 581 g/mol. The number of halogens is 4. The molecule has 1 amide bonds. The zero-order valence-corrected chi connectivity index (χ0v) is 21.3. The summed E-state index contributed by atoms with van der Waals surface area (Å²) in [6.45, 7) is 2.14. The molecule has 1 saturated heterocycles. The standard InChI is InChI=1S/C19H19ClN4O4S2.C2HF3O2/c1-11-13-9-12(20)4-5-16(13)29-19(11)30(26,27)23-14-6-7-24(18(14)25)10-22-17(21)15-3-2-8-28-15;3-2(4,5)1(6)7/h2-5,8-9,14,23H,6-7,10H2,1H3,(H2,21,22);(H,6,7)/t14-;/m0./s1. The van der Waals surface area contributed by atoms with Gasteiger partial charge in [-0.15, -0.1) is 11.3 Å². The molecule has 16 heteroatoms. The van der Waals surface area contributed by atoms with E-state index in [1.54, 1.807) is 37.3 Å². The Labute approximate surface area is 217 Å². The van der Waals surface area contributed by atoms with Gasteiger partial charge in [0.25, 0.3) is 10.0 Å². The minimum atomic E-state index is -5.08. The van der Waals surface area contributed by atoms with Crippen LogP contribution in [0.1, 0.15) is 17.7 Å². The molecule has 1 fully saturated rings. The quantitative estimate of drug-likeness (QED) is 0.298. The Balaban J connectivity index is 0.000000479. The van der Waals surface area contributed by atoms with Gasteiger partial charge < -0.3 is 20.2 Å². The number of nitrogens with two attached hydrogens (primary N) is 1. The highest BCUT2D eigenvalue weighted by molar-refractivity contribution is 7.91. The Hall–Kier alpha value is -3.14. The number of aliphatic imine (C=N–C) groups is 1. The van der Waals surface area contributed by atoms with Crippen LogP contribution in [0.25, 0.3) is 10.1 Å². The molecule has 0 unspecified atom stereocenters. The molecule has 4 rings (SSSR count). The number of amides is 1. The molecule has 4 N–H and O–H groups in total. The molecule has 1 atom stereocenters. The van der Waals surface area contributed by atoms with E-state index in [0.717, 1.165) is 21.4 Å². The molecule has 0 spiro atoms. The zero-order valence-electron chi connectivity index (χ0n) is 19.0. The molecule has 2 aromatic heterocycles. The highest BCUT2D eigenvalue weighted by Crippen LogP contribution is 2.35. The Morgan fingerprint density at radius 3 is 2.65 bits per heavy atom. The second kappa shape index (κ2) is 11.1. The van der Waals surface area contributed by atoms with Crippen LogP contribution in [-0.4, -0.2) is 61.6 Å². The van der Waals surface area contributed by atoms with Crippen molar-refractivity contribution >= 4 is 60.8 Å². The lowest BCUT2D eigenvalue weighted by molar-refractivity contribution is -0.192. The normalized spacial score (nSPS) is 16.7. The van der Waals surface area contributed by atoms with Crippen LogP contribution in [0.5, 0.6) is 0 Å². The number of benzene rings is 1. The van der Waals surface area contributed by atoms with E-state index in [1.165, 1.54) is 11.2 Å². The zero-order chi connectivity index (χ0) is 27.5. The van der Waals surface area contributed by atoms with Crippen molar-refractivity contribution in [3.8, 4) is 0 Å². The van der Waals surface area contributed by atoms with Crippen LogP contribution in [0.2, 0.25) is 5.02 Å². The first-order chi connectivity index (χ1) is 17.2. The maximum absolute atomic E-state index is 13.0. The van der Waals surface area contributed by atoms with Gasteiger partial charge in [-0.25, -0.2) is 18.2 Å². The Bertz CT molecular complexity index is 1440. The fourth-order valence-corrected chi connectivity index (χ4v) is 6.48. The summed E-state index contributed by atoms with van der Waals surface area (Å²) in [5.41, 5.74) is 6.45. The van der Waals surface area contributed by atoms with Gasteiger partial charge in [-0.1, -0.05) is 11.6 Å². The molecule has 37 heavy (non-hydrogen) atoms. The van der Waals surface area contributed by atoms with E-state index in [4.69, 9.17) is 31.7 Å². The molecule has 3 aromatic rings. The van der Waals surface area contributed by atoms with Gasteiger partial charge in [0.15, 0.2) is 11.6 Å². The Morgan fingerprint density at radius 1 is 1.38 bits per heavy atom. The number of nitrogens with one attached hydrogen (secondary N) is 1. The van der Waals surface area contributed by atoms with Gasteiger partial charge in [-0.3, -0.25) is 4.79 Å². The van der Waals surface area contributed by atoms with Crippen molar-refractivity contribution in [2.45, 2.75) is 29.8 Å². The van der Waals surface area contributed by atoms with E-state index in [-0.39, 0.29) is 22.6 Å². The topological polar surface area (TPSA) is 155 Å². The van der Waals surface area contributed by atoms with Crippen molar-refractivity contribution in [3.05, 3.63) is 52.9 Å². The molecule has 0 aliphatic carbocycles. The van der Waals surface area contributed by atoms with Crippen LogP contribution < -0.4 is 10.5 Å². The van der Waals surface area contributed by atoms with E-state index in [0.29, 0.717) is 29.3 Å². The number of furan rings is 1. The SMILES string of the molecule is Cc1c(S(=O)(=O)N[C@H]2CCN(CN=C(N)c3ccco3)C2=O)sc2ccc(Cl)cc12.O=C(O)C(F)(F)F. The predicted octanol–water partition coefficient (Wildman–Crippen LogP) is 3.33. The van der Waals surface area contributed by atoms with Gasteiger partial charge in [-0.05, 0) is 54.6 Å². The van der Waals surface area contributed by atoms with Gasteiger partial charge in [-0.2, -0.15) is 17.9 Å². The summed E-state index contributed by atoms with van der Waals surface area (Å²) in [6.07, 6.45) is -3.25. The number of carbonyl (C=O) groups excluding carboxylic acids is 1. The van der Waals surface area contributed by atoms with Crippen molar-refractivity contribution < 1.29 is 40.7 Å². The number of carboxylic acids is 1. The smallest absolute Gasteiger partial charge is 0.475 e. The highest BCUT2D eigenvalue weighted by Gasteiger charge is 2.38. The molecular weight excluding hydrogens is 561 g/mol. The third-order valence-electron chi connectivity index (χ3n) is 5.12. The molecule has 3 heterocycles. The fourth-order valence-electron chi connectivity index (χ4n) is 3.32. The number of nitrogens with zero attached hydrogens (tertiary/aromatic N) is 2. The summed E-state index contributed by atoms with van der Waals surface area (Å²) < 4.78 is 66.4. The number of rotatable bonds is 6. The number of alkyl halides is 3. The average Bonchev–Trinajstić information content (AvgIpc) is 3.53. The lowest BCUT2D eigenvalue weighted by Crippen LogP contribution is -2.41. The van der Waals surface area contributed by atoms with Crippen LogP contribution in [0.4, 0.5) is 13.2 Å². The van der Waals surface area contributed by atoms with Gasteiger partial charge in [0.1, 0.15) is 16.9 Å². The first-order valence-corrected chi connectivity index (χ1v) is 13.0. The Kier molecular flexibility index (Phi) is 8.52. The lowest BCUT2D eigenvalue weighted by Gasteiger charge is -2.15. The summed E-state index contributed by atoms with van der Waals surface area (Å²) in [4.78, 5) is 27.2. The Morgan fingerprint density at radius 2 is 2.05 bits per heavy atom. The van der Waals surface area contributed by atoms with Crippen molar-refractivity contribution in [1.82, 2.24) is 9.62 Å². The van der Waals surface area contributed by atoms with E-state index in [2.05, 4.69) is 9.71 Å². The molecule has 10 nitrogen and oxygen atoms in total. The maximum atomic E-state index is 13.0. The van der Waals surface area contributed by atoms with Crippen LogP contribution in [-0.2, 0) is 19.6 Å². The number of thiophene rings is 1. The van der Waals surface area contributed by atoms with Crippen LogP contribution in [0.3, 0.4) is 0 Å². The predicted molar refractivity (Wildman–Crippen MR) is 130 cm³/mol. The number of amidine groups is 1. The second-order valence-electron chi connectivity index (χ2n) is 7.68. The number of hydrogen-bond donors (Lipinski definition) is 3. The van der Waals surface area contributed by atoms with E-state index in [9.17, 15) is 26.4 Å². The summed E-state index contributed by atoms with van der Waals surface area (Å²) in [5.74, 6) is -2.50. The largest absolute Gasteiger partial charge is 0.490 e.